The largest absolute Gasteiger partial charge is 0.264 e. The zero-order chi connectivity index (χ0) is 40.8. The van der Waals surface area contributed by atoms with Gasteiger partial charge >= 0.3 is 0 Å². The van der Waals surface area contributed by atoms with Crippen molar-refractivity contribution in [2.24, 2.45) is 0 Å². The van der Waals surface area contributed by atoms with E-state index in [2.05, 4.69) is 169 Å². The lowest BCUT2D eigenvalue weighted by Crippen LogP contribution is -2.29. The molecule has 7 aromatic carbocycles. The lowest BCUT2D eigenvalue weighted by molar-refractivity contribution is 0.777. The molecule has 2 aliphatic carbocycles. The fraction of sp³-hybridized carbons (Fsp3) is 0.0175. The van der Waals surface area contributed by atoms with Crippen LogP contribution in [-0.2, 0) is 5.41 Å². The van der Waals surface area contributed by atoms with Crippen molar-refractivity contribution in [1.82, 2.24) is 19.9 Å². The van der Waals surface area contributed by atoms with E-state index in [0.717, 1.165) is 39.3 Å². The highest BCUT2D eigenvalue weighted by atomic mass is 32.1. The fourth-order valence-corrected chi connectivity index (χ4v) is 11.3. The van der Waals surface area contributed by atoms with E-state index < -0.39 is 5.41 Å². The van der Waals surface area contributed by atoms with E-state index in [1.54, 1.807) is 6.20 Å². The van der Waals surface area contributed by atoms with Gasteiger partial charge in [-0.25, -0.2) is 9.97 Å². The van der Waals surface area contributed by atoms with E-state index in [-0.39, 0.29) is 0 Å². The highest BCUT2D eigenvalue weighted by molar-refractivity contribution is 7.25. The third kappa shape index (κ3) is 5.12. The summed E-state index contributed by atoms with van der Waals surface area (Å²) in [4.78, 5) is 19.7. The van der Waals surface area contributed by atoms with Crippen molar-refractivity contribution in [2.75, 3.05) is 0 Å². The van der Waals surface area contributed by atoms with Gasteiger partial charge in [-0.1, -0.05) is 133 Å². The molecule has 0 amide bonds. The summed E-state index contributed by atoms with van der Waals surface area (Å²) in [7, 11) is 0. The van der Waals surface area contributed by atoms with Crippen molar-refractivity contribution >= 4 is 31.5 Å². The summed E-state index contributed by atoms with van der Waals surface area (Å²) < 4.78 is 2.61. The van der Waals surface area contributed by atoms with Crippen LogP contribution in [0.5, 0.6) is 0 Å². The third-order valence-electron chi connectivity index (χ3n) is 12.9. The molecule has 1 atom stereocenters. The van der Waals surface area contributed by atoms with Crippen LogP contribution in [-0.4, -0.2) is 19.9 Å². The number of rotatable bonds is 4. The molecule has 4 aromatic heterocycles. The Morgan fingerprint density at radius 2 is 0.984 bits per heavy atom. The van der Waals surface area contributed by atoms with Crippen molar-refractivity contribution in [2.45, 2.75) is 5.41 Å². The van der Waals surface area contributed by atoms with Crippen LogP contribution in [0.15, 0.2) is 207 Å². The highest BCUT2D eigenvalue weighted by Gasteiger charge is 2.50. The SMILES string of the molecule is c1ccc(-c2cc(-c3ccc4c(c3)C3(c5ccccc5-c5ccccc5-4)c4ccccc4-c4cc5sc6ccccc6c5cc43)nc(-c3ccc(-c4cccnc4)nc3)n2)cc1. The number of aromatic nitrogens is 4. The average molecular weight is 807 g/mol. The molecule has 5 heteroatoms. The second-order valence-corrected chi connectivity index (χ2v) is 17.2. The Bertz CT molecular complexity index is 3580. The van der Waals surface area contributed by atoms with Crippen molar-refractivity contribution in [3.8, 4) is 78.5 Å². The van der Waals surface area contributed by atoms with Gasteiger partial charge < -0.3 is 0 Å². The molecule has 4 heterocycles. The molecule has 1 unspecified atom stereocenters. The van der Waals surface area contributed by atoms with Gasteiger partial charge in [0.25, 0.3) is 0 Å². The number of pyridine rings is 2. The first kappa shape index (κ1) is 34.9. The van der Waals surface area contributed by atoms with Crippen LogP contribution < -0.4 is 0 Å². The molecule has 0 aliphatic heterocycles. The van der Waals surface area contributed by atoms with Crippen molar-refractivity contribution in [3.05, 3.63) is 229 Å². The zero-order valence-corrected chi connectivity index (χ0v) is 34.1. The monoisotopic (exact) mass is 806 g/mol. The van der Waals surface area contributed by atoms with E-state index in [0.29, 0.717) is 5.82 Å². The summed E-state index contributed by atoms with van der Waals surface area (Å²) in [6, 6.07) is 68.5. The Labute approximate surface area is 362 Å². The average Bonchev–Trinajstić information content (AvgIpc) is 3.83. The molecule has 62 heavy (non-hydrogen) atoms. The molecule has 0 N–H and O–H groups in total. The normalized spacial score (nSPS) is 14.5. The minimum atomic E-state index is -0.645. The van der Waals surface area contributed by atoms with Crippen LogP contribution in [0.3, 0.4) is 0 Å². The molecular formula is C57H34N4S. The summed E-state index contributed by atoms with van der Waals surface area (Å²) in [5.41, 5.74) is 18.4. The molecular weight excluding hydrogens is 773 g/mol. The summed E-state index contributed by atoms with van der Waals surface area (Å²) in [5.74, 6) is 0.621. The van der Waals surface area contributed by atoms with Gasteiger partial charge in [-0.05, 0) is 110 Å². The minimum absolute atomic E-state index is 0.621. The Balaban J connectivity index is 1.10. The molecule has 0 radical (unpaired) electrons. The second-order valence-electron chi connectivity index (χ2n) is 16.1. The maximum atomic E-state index is 5.37. The lowest BCUT2D eigenvalue weighted by Gasteiger charge is -2.35. The highest BCUT2D eigenvalue weighted by Crippen LogP contribution is 2.62. The summed E-state index contributed by atoms with van der Waals surface area (Å²) >= 11 is 1.88. The molecule has 0 saturated heterocycles. The lowest BCUT2D eigenvalue weighted by atomic mass is 9.65. The topological polar surface area (TPSA) is 51.6 Å². The maximum absolute atomic E-state index is 5.37. The van der Waals surface area contributed by atoms with Gasteiger partial charge in [0.05, 0.1) is 22.5 Å². The Kier molecular flexibility index (Phi) is 7.66. The molecule has 0 saturated carbocycles. The van der Waals surface area contributed by atoms with Gasteiger partial charge in [0.1, 0.15) is 0 Å². The third-order valence-corrected chi connectivity index (χ3v) is 14.0. The van der Waals surface area contributed by atoms with E-state index in [9.17, 15) is 0 Å². The van der Waals surface area contributed by atoms with Gasteiger partial charge in [-0.15, -0.1) is 11.3 Å². The molecule has 11 aromatic rings. The zero-order valence-electron chi connectivity index (χ0n) is 33.3. The van der Waals surface area contributed by atoms with E-state index in [1.165, 1.54) is 75.8 Å². The first-order chi connectivity index (χ1) is 30.7. The van der Waals surface area contributed by atoms with E-state index in [1.807, 2.05) is 48.0 Å². The van der Waals surface area contributed by atoms with Crippen LogP contribution in [0.1, 0.15) is 22.3 Å². The first-order valence-electron chi connectivity index (χ1n) is 20.9. The van der Waals surface area contributed by atoms with Crippen LogP contribution in [0.25, 0.3) is 98.7 Å². The number of fused-ring (bicyclic) bond motifs is 15. The van der Waals surface area contributed by atoms with Gasteiger partial charge in [0.2, 0.25) is 0 Å². The Hall–Kier alpha value is -7.86. The molecule has 2 aliphatic rings. The number of hydrogen-bond donors (Lipinski definition) is 0. The first-order valence-corrected chi connectivity index (χ1v) is 21.8. The van der Waals surface area contributed by atoms with Crippen molar-refractivity contribution in [1.29, 1.82) is 0 Å². The van der Waals surface area contributed by atoms with Crippen LogP contribution in [0, 0.1) is 0 Å². The predicted octanol–water partition coefficient (Wildman–Crippen LogP) is 14.3. The number of benzene rings is 7. The molecule has 288 valence electrons. The van der Waals surface area contributed by atoms with Gasteiger partial charge in [0.15, 0.2) is 5.82 Å². The molecule has 13 rings (SSSR count). The molecule has 1 spiro atoms. The smallest absolute Gasteiger partial charge is 0.161 e. The molecule has 0 bridgehead atoms. The van der Waals surface area contributed by atoms with Crippen molar-refractivity contribution < 1.29 is 0 Å². The second kappa shape index (κ2) is 13.6. The summed E-state index contributed by atoms with van der Waals surface area (Å²) in [6.07, 6.45) is 5.48. The van der Waals surface area contributed by atoms with Crippen LogP contribution >= 0.6 is 11.3 Å². The predicted molar refractivity (Wildman–Crippen MR) is 254 cm³/mol. The van der Waals surface area contributed by atoms with Crippen LogP contribution in [0.4, 0.5) is 0 Å². The number of hydrogen-bond acceptors (Lipinski definition) is 5. The van der Waals surface area contributed by atoms with Gasteiger partial charge in [-0.2, -0.15) is 0 Å². The fourth-order valence-electron chi connectivity index (χ4n) is 10.2. The number of thiophene rings is 1. The molecule has 4 nitrogen and oxygen atoms in total. The molecule has 0 fully saturated rings. The number of nitrogens with zero attached hydrogens (tertiary/aromatic N) is 4. The summed E-state index contributed by atoms with van der Waals surface area (Å²) in [6.45, 7) is 0. The van der Waals surface area contributed by atoms with E-state index in [4.69, 9.17) is 15.0 Å². The standard InChI is InChI=1S/C57H34N4S/c1-2-13-35(14-3-1)52-32-53(61-56(60-52)38-25-27-51(59-34-38)37-15-12-28-58-33-37)36-24-26-43-40-17-5-4-16-39(40)41-18-6-9-21-47(41)57(49(43)29-36)48-22-10-7-19-42(48)45-31-55-46(30-50(45)57)44-20-8-11-23-54(44)62-55/h1-34H. The van der Waals surface area contributed by atoms with Crippen molar-refractivity contribution in [3.63, 3.8) is 0 Å². The van der Waals surface area contributed by atoms with E-state index >= 15 is 0 Å². The van der Waals surface area contributed by atoms with Crippen LogP contribution in [0.2, 0.25) is 0 Å². The van der Waals surface area contributed by atoms with Gasteiger partial charge in [0, 0.05) is 61.0 Å². The van der Waals surface area contributed by atoms with Gasteiger partial charge in [-0.3, -0.25) is 9.97 Å². The Morgan fingerprint density at radius 1 is 0.355 bits per heavy atom. The maximum Gasteiger partial charge on any atom is 0.161 e. The Morgan fingerprint density at radius 3 is 1.73 bits per heavy atom. The summed E-state index contributed by atoms with van der Waals surface area (Å²) in [5, 5.41) is 2.59. The minimum Gasteiger partial charge on any atom is -0.264 e. The quantitative estimate of drug-likeness (QED) is 0.178.